The molecule has 1 aliphatic rings. The molecule has 1 atom stereocenters. The Morgan fingerprint density at radius 2 is 1.84 bits per heavy atom. The molecule has 0 N–H and O–H groups in total. The summed E-state index contributed by atoms with van der Waals surface area (Å²) < 4.78 is 13.2. The predicted molar refractivity (Wildman–Crippen MR) is 102 cm³/mol. The number of nitrogens with zero attached hydrogens (tertiary/aromatic N) is 1. The third-order valence-electron chi connectivity index (χ3n) is 4.58. The SMILES string of the molecule is CCCCCc1ccc(C(=O)N2CCS[C@@H]2c2ccc(F)cc2)cc1. The van der Waals surface area contributed by atoms with Gasteiger partial charge in [0.15, 0.2) is 0 Å². The van der Waals surface area contributed by atoms with Gasteiger partial charge >= 0.3 is 0 Å². The van der Waals surface area contributed by atoms with Crippen LogP contribution in [0.2, 0.25) is 0 Å². The van der Waals surface area contributed by atoms with Crippen molar-refractivity contribution in [2.45, 2.75) is 38.0 Å². The summed E-state index contributed by atoms with van der Waals surface area (Å²) in [6.45, 7) is 2.93. The molecule has 0 unspecified atom stereocenters. The van der Waals surface area contributed by atoms with E-state index in [-0.39, 0.29) is 17.1 Å². The topological polar surface area (TPSA) is 20.3 Å². The highest BCUT2D eigenvalue weighted by atomic mass is 32.2. The Labute approximate surface area is 153 Å². The highest BCUT2D eigenvalue weighted by molar-refractivity contribution is 7.99. The number of unbranched alkanes of at least 4 members (excludes halogenated alkanes) is 2. The Morgan fingerprint density at radius 1 is 1.12 bits per heavy atom. The van der Waals surface area contributed by atoms with Crippen molar-refractivity contribution < 1.29 is 9.18 Å². The second-order valence-corrected chi connectivity index (χ2v) is 7.62. The van der Waals surface area contributed by atoms with Crippen LogP contribution in [0.1, 0.15) is 53.0 Å². The van der Waals surface area contributed by atoms with Crippen molar-refractivity contribution in [2.75, 3.05) is 12.3 Å². The van der Waals surface area contributed by atoms with Gasteiger partial charge in [0, 0.05) is 17.9 Å². The molecule has 0 aliphatic carbocycles. The van der Waals surface area contributed by atoms with Gasteiger partial charge in [0.05, 0.1) is 0 Å². The Kier molecular flexibility index (Phi) is 6.14. The summed E-state index contributed by atoms with van der Waals surface area (Å²) in [4.78, 5) is 14.8. The fourth-order valence-electron chi connectivity index (χ4n) is 3.14. The summed E-state index contributed by atoms with van der Waals surface area (Å²) in [6, 6.07) is 14.5. The Morgan fingerprint density at radius 3 is 2.52 bits per heavy atom. The summed E-state index contributed by atoms with van der Waals surface area (Å²) in [5, 5.41) is -0.0302. The number of carbonyl (C=O) groups excluding carboxylic acids is 1. The molecule has 0 bridgehead atoms. The van der Waals surface area contributed by atoms with Crippen molar-refractivity contribution in [2.24, 2.45) is 0 Å². The number of carbonyl (C=O) groups is 1. The van der Waals surface area contributed by atoms with Crippen LogP contribution in [0.3, 0.4) is 0 Å². The molecule has 0 radical (unpaired) electrons. The smallest absolute Gasteiger partial charge is 0.255 e. The first kappa shape index (κ1) is 18.0. The van der Waals surface area contributed by atoms with Crippen LogP contribution in [0.15, 0.2) is 48.5 Å². The van der Waals surface area contributed by atoms with Crippen molar-refractivity contribution in [1.29, 1.82) is 0 Å². The van der Waals surface area contributed by atoms with Crippen molar-refractivity contribution >= 4 is 17.7 Å². The Bertz CT molecular complexity index is 699. The number of rotatable bonds is 6. The summed E-state index contributed by atoms with van der Waals surface area (Å²) in [5.74, 6) is 0.714. The largest absolute Gasteiger partial charge is 0.322 e. The molecule has 0 spiro atoms. The molecule has 3 rings (SSSR count). The maximum Gasteiger partial charge on any atom is 0.255 e. The number of hydrogen-bond acceptors (Lipinski definition) is 2. The van der Waals surface area contributed by atoms with Crippen LogP contribution < -0.4 is 0 Å². The summed E-state index contributed by atoms with van der Waals surface area (Å²) >= 11 is 1.73. The minimum Gasteiger partial charge on any atom is -0.322 e. The molecule has 1 fully saturated rings. The van der Waals surface area contributed by atoms with Gasteiger partial charge in [-0.3, -0.25) is 4.79 Å². The predicted octanol–water partition coefficient (Wildman–Crippen LogP) is 5.45. The monoisotopic (exact) mass is 357 g/mol. The minimum absolute atomic E-state index is 0.0302. The highest BCUT2D eigenvalue weighted by Crippen LogP contribution is 2.38. The number of hydrogen-bond donors (Lipinski definition) is 0. The molecule has 1 aliphatic heterocycles. The molecule has 132 valence electrons. The molecule has 25 heavy (non-hydrogen) atoms. The van der Waals surface area contributed by atoms with Crippen LogP contribution in [-0.4, -0.2) is 23.1 Å². The van der Waals surface area contributed by atoms with Crippen LogP contribution in [0.25, 0.3) is 0 Å². The molecule has 1 amide bonds. The maximum absolute atomic E-state index is 13.2. The van der Waals surface area contributed by atoms with E-state index in [0.29, 0.717) is 0 Å². The van der Waals surface area contributed by atoms with Gasteiger partial charge in [0.2, 0.25) is 0 Å². The highest BCUT2D eigenvalue weighted by Gasteiger charge is 2.31. The second-order valence-electron chi connectivity index (χ2n) is 6.43. The van der Waals surface area contributed by atoms with E-state index in [1.54, 1.807) is 23.9 Å². The van der Waals surface area contributed by atoms with Gasteiger partial charge < -0.3 is 4.90 Å². The van der Waals surface area contributed by atoms with E-state index >= 15 is 0 Å². The van der Waals surface area contributed by atoms with E-state index in [1.165, 1.54) is 37.0 Å². The van der Waals surface area contributed by atoms with E-state index in [4.69, 9.17) is 0 Å². The molecule has 1 heterocycles. The first-order valence-corrected chi connectivity index (χ1v) is 10.0. The van der Waals surface area contributed by atoms with Gasteiger partial charge in [0.25, 0.3) is 5.91 Å². The second kappa shape index (κ2) is 8.52. The van der Waals surface area contributed by atoms with E-state index in [0.717, 1.165) is 29.8 Å². The average molecular weight is 357 g/mol. The van der Waals surface area contributed by atoms with Crippen LogP contribution in [-0.2, 0) is 6.42 Å². The molecular formula is C21H24FNOS. The number of aryl methyl sites for hydroxylation is 1. The molecule has 1 saturated heterocycles. The van der Waals surface area contributed by atoms with Crippen molar-refractivity contribution in [3.63, 3.8) is 0 Å². The van der Waals surface area contributed by atoms with E-state index in [1.807, 2.05) is 17.0 Å². The van der Waals surface area contributed by atoms with Crippen LogP contribution in [0.4, 0.5) is 4.39 Å². The summed E-state index contributed by atoms with van der Waals surface area (Å²) in [7, 11) is 0. The lowest BCUT2D eigenvalue weighted by Crippen LogP contribution is -2.30. The zero-order chi connectivity index (χ0) is 17.6. The third-order valence-corrected chi connectivity index (χ3v) is 5.84. The molecule has 4 heteroatoms. The van der Waals surface area contributed by atoms with Crippen molar-refractivity contribution in [1.82, 2.24) is 4.90 Å². The van der Waals surface area contributed by atoms with Crippen LogP contribution >= 0.6 is 11.8 Å². The van der Waals surface area contributed by atoms with Gasteiger partial charge in [-0.1, -0.05) is 44.0 Å². The molecule has 2 aromatic rings. The number of amides is 1. The lowest BCUT2D eigenvalue weighted by atomic mass is 10.0. The Hall–Kier alpha value is -1.81. The average Bonchev–Trinajstić information content (AvgIpc) is 3.12. The lowest BCUT2D eigenvalue weighted by molar-refractivity contribution is 0.0760. The Balaban J connectivity index is 1.69. The van der Waals surface area contributed by atoms with Crippen LogP contribution in [0.5, 0.6) is 0 Å². The van der Waals surface area contributed by atoms with Crippen molar-refractivity contribution in [3.8, 4) is 0 Å². The summed E-state index contributed by atoms with van der Waals surface area (Å²) in [5.41, 5.74) is 3.00. The zero-order valence-corrected chi connectivity index (χ0v) is 15.4. The molecule has 0 aromatic heterocycles. The maximum atomic E-state index is 13.2. The van der Waals surface area contributed by atoms with Gasteiger partial charge in [-0.2, -0.15) is 0 Å². The number of benzene rings is 2. The first-order valence-electron chi connectivity index (χ1n) is 8.96. The minimum atomic E-state index is -0.247. The van der Waals surface area contributed by atoms with Gasteiger partial charge in [-0.05, 0) is 48.2 Å². The zero-order valence-electron chi connectivity index (χ0n) is 14.6. The third kappa shape index (κ3) is 4.43. The van der Waals surface area contributed by atoms with Crippen molar-refractivity contribution in [3.05, 3.63) is 71.0 Å². The van der Waals surface area contributed by atoms with Gasteiger partial charge in [0.1, 0.15) is 11.2 Å². The first-order chi connectivity index (χ1) is 12.2. The number of halogens is 1. The molecule has 2 nitrogen and oxygen atoms in total. The normalized spacial score (nSPS) is 17.0. The summed E-state index contributed by atoms with van der Waals surface area (Å²) in [6.07, 6.45) is 4.72. The molecule has 0 saturated carbocycles. The number of thioether (sulfide) groups is 1. The van der Waals surface area contributed by atoms with Gasteiger partial charge in [-0.25, -0.2) is 4.39 Å². The van der Waals surface area contributed by atoms with E-state index < -0.39 is 0 Å². The lowest BCUT2D eigenvalue weighted by Gasteiger charge is -2.24. The van der Waals surface area contributed by atoms with Gasteiger partial charge in [-0.15, -0.1) is 11.8 Å². The molecular weight excluding hydrogens is 333 g/mol. The fourth-order valence-corrected chi connectivity index (χ4v) is 4.40. The van der Waals surface area contributed by atoms with Crippen LogP contribution in [0, 0.1) is 5.82 Å². The fraction of sp³-hybridized carbons (Fsp3) is 0.381. The quantitative estimate of drug-likeness (QED) is 0.641. The van der Waals surface area contributed by atoms with E-state index in [2.05, 4.69) is 19.1 Å². The standard InChI is InChI=1S/C21H24FNOS/c1-2-3-4-5-16-6-8-17(9-7-16)20(24)23-14-15-25-21(23)18-10-12-19(22)13-11-18/h6-13,21H,2-5,14-15H2,1H3/t21-/m1/s1. The molecule has 2 aromatic carbocycles. The van der Waals surface area contributed by atoms with E-state index in [9.17, 15) is 9.18 Å².